The van der Waals surface area contributed by atoms with Crippen molar-refractivity contribution < 1.29 is 8.78 Å². The van der Waals surface area contributed by atoms with Gasteiger partial charge in [0.2, 0.25) is 0 Å². The van der Waals surface area contributed by atoms with Gasteiger partial charge in [-0.2, -0.15) is 0 Å². The lowest BCUT2D eigenvalue weighted by atomic mass is 9.92. The van der Waals surface area contributed by atoms with Crippen LogP contribution < -0.4 is 0 Å². The minimum absolute atomic E-state index is 0.466. The highest BCUT2D eigenvalue weighted by Crippen LogP contribution is 2.26. The number of alkyl halides is 2. The summed E-state index contributed by atoms with van der Waals surface area (Å²) in [6.45, 7) is 6.99. The normalized spacial score (nSPS) is 18.8. The summed E-state index contributed by atoms with van der Waals surface area (Å²) in [5.74, 6) is 0. The van der Waals surface area contributed by atoms with Gasteiger partial charge in [-0.05, 0) is 36.6 Å². The van der Waals surface area contributed by atoms with Gasteiger partial charge in [0, 0.05) is 6.54 Å². The molecule has 0 saturated carbocycles. The molecule has 1 heterocycles. The lowest BCUT2D eigenvalue weighted by molar-refractivity contribution is 0.0285. The molecule has 0 spiro atoms. The van der Waals surface area contributed by atoms with Crippen LogP contribution in [-0.4, -0.2) is 24.4 Å². The van der Waals surface area contributed by atoms with E-state index in [1.165, 1.54) is 17.5 Å². The first kappa shape index (κ1) is 16.1. The summed E-state index contributed by atoms with van der Waals surface area (Å²) in [5.41, 5.74) is 3.57. The summed E-state index contributed by atoms with van der Waals surface area (Å²) in [6, 6.07) is 5.58. The average molecular weight is 269 g/mol. The van der Waals surface area contributed by atoms with E-state index in [0.29, 0.717) is 13.0 Å². The number of hydrogen-bond acceptors (Lipinski definition) is 1. The van der Waals surface area contributed by atoms with Crippen LogP contribution >= 0.6 is 0 Å². The van der Waals surface area contributed by atoms with Crippen LogP contribution in [0.2, 0.25) is 0 Å². The number of halogens is 2. The Morgan fingerprint density at radius 2 is 1.84 bits per heavy atom. The number of fused-ring (bicyclic) bond motifs is 1. The fraction of sp³-hybridized carbons (Fsp3) is 0.625. The average Bonchev–Trinajstić information content (AvgIpc) is 2.37. The number of hydrogen-bond donors (Lipinski definition) is 0. The fourth-order valence-corrected chi connectivity index (χ4v) is 2.29. The zero-order chi connectivity index (χ0) is 14.4. The molecule has 0 radical (unpaired) electrons. The van der Waals surface area contributed by atoms with Crippen LogP contribution in [0, 0.1) is 0 Å². The van der Waals surface area contributed by atoms with Gasteiger partial charge in [0.15, 0.2) is 0 Å². The smallest absolute Gasteiger partial charge is 0.254 e. The van der Waals surface area contributed by atoms with Crippen LogP contribution in [0.3, 0.4) is 0 Å². The number of benzene rings is 1. The van der Waals surface area contributed by atoms with Crippen LogP contribution in [-0.2, 0) is 19.4 Å². The Labute approximate surface area is 115 Å². The number of aryl methyl sites for hydroxylation is 1. The van der Waals surface area contributed by atoms with E-state index in [-0.39, 0.29) is 0 Å². The van der Waals surface area contributed by atoms with E-state index in [1.54, 1.807) is 11.9 Å². The Bertz CT molecular complexity index is 390. The summed E-state index contributed by atoms with van der Waals surface area (Å²) in [4.78, 5) is 1.76. The van der Waals surface area contributed by atoms with E-state index in [9.17, 15) is 8.78 Å². The standard InChI is InChI=1S/C13H17F2N.C3H8/c1-3-9-4-5-10-7-12(13(14)15)16(2)8-11(10)6-9;1-3-2/h4-6,12-13H,3,7-8H2,1-2H3;3H2,1-2H3. The van der Waals surface area contributed by atoms with E-state index in [4.69, 9.17) is 0 Å². The molecule has 1 nitrogen and oxygen atoms in total. The highest BCUT2D eigenvalue weighted by Gasteiger charge is 2.30. The lowest BCUT2D eigenvalue weighted by Gasteiger charge is -2.33. The monoisotopic (exact) mass is 269 g/mol. The quantitative estimate of drug-likeness (QED) is 0.774. The molecular weight excluding hydrogens is 244 g/mol. The van der Waals surface area contributed by atoms with Crippen molar-refractivity contribution in [1.82, 2.24) is 4.90 Å². The van der Waals surface area contributed by atoms with E-state index in [1.807, 2.05) is 12.1 Å². The molecule has 1 aliphatic rings. The maximum Gasteiger partial charge on any atom is 0.254 e. The van der Waals surface area contributed by atoms with Gasteiger partial charge in [0.05, 0.1) is 6.04 Å². The largest absolute Gasteiger partial charge is 0.293 e. The van der Waals surface area contributed by atoms with E-state index in [2.05, 4.69) is 26.8 Å². The van der Waals surface area contributed by atoms with Crippen LogP contribution in [0.5, 0.6) is 0 Å². The molecule has 0 aromatic heterocycles. The third-order valence-corrected chi connectivity index (χ3v) is 3.38. The number of likely N-dealkylation sites (N-methyl/N-ethyl adjacent to an activating group) is 1. The minimum atomic E-state index is -2.26. The minimum Gasteiger partial charge on any atom is -0.293 e. The molecule has 1 aromatic carbocycles. The SMILES string of the molecule is CCC.CCc1ccc2c(c1)CN(C)C(C(F)F)C2. The molecule has 0 amide bonds. The van der Waals surface area contributed by atoms with Crippen molar-refractivity contribution in [2.24, 2.45) is 0 Å². The topological polar surface area (TPSA) is 3.24 Å². The summed E-state index contributed by atoms with van der Waals surface area (Å²) in [5, 5.41) is 0. The zero-order valence-electron chi connectivity index (χ0n) is 12.4. The molecule has 108 valence electrons. The molecule has 1 unspecified atom stereocenters. The van der Waals surface area contributed by atoms with Gasteiger partial charge < -0.3 is 0 Å². The summed E-state index contributed by atoms with van der Waals surface area (Å²) < 4.78 is 25.5. The third-order valence-electron chi connectivity index (χ3n) is 3.38. The molecule has 0 N–H and O–H groups in total. The van der Waals surface area contributed by atoms with Gasteiger partial charge in [-0.1, -0.05) is 45.4 Å². The molecule has 1 aromatic rings. The molecular formula is C16H25F2N. The summed E-state index contributed by atoms with van der Waals surface area (Å²) in [6.07, 6.45) is 0.451. The second kappa shape index (κ2) is 7.59. The molecule has 3 heteroatoms. The first-order chi connectivity index (χ1) is 9.03. The van der Waals surface area contributed by atoms with Gasteiger partial charge >= 0.3 is 0 Å². The van der Waals surface area contributed by atoms with Crippen LogP contribution in [0.15, 0.2) is 18.2 Å². The molecule has 19 heavy (non-hydrogen) atoms. The van der Waals surface area contributed by atoms with Gasteiger partial charge in [-0.15, -0.1) is 0 Å². The van der Waals surface area contributed by atoms with Crippen LogP contribution in [0.1, 0.15) is 43.9 Å². The summed E-state index contributed by atoms with van der Waals surface area (Å²) in [7, 11) is 1.78. The summed E-state index contributed by atoms with van der Waals surface area (Å²) >= 11 is 0. The van der Waals surface area contributed by atoms with E-state index < -0.39 is 12.5 Å². The Morgan fingerprint density at radius 3 is 2.37 bits per heavy atom. The molecule has 1 atom stereocenters. The van der Waals surface area contributed by atoms with E-state index >= 15 is 0 Å². The Morgan fingerprint density at radius 1 is 1.21 bits per heavy atom. The molecule has 0 saturated heterocycles. The molecule has 0 fully saturated rings. The van der Waals surface area contributed by atoms with Crippen molar-refractivity contribution in [3.63, 3.8) is 0 Å². The van der Waals surface area contributed by atoms with Gasteiger partial charge in [-0.25, -0.2) is 8.78 Å². The predicted molar refractivity (Wildman–Crippen MR) is 76.7 cm³/mol. The number of nitrogens with zero attached hydrogens (tertiary/aromatic N) is 1. The van der Waals surface area contributed by atoms with Crippen LogP contribution in [0.4, 0.5) is 8.78 Å². The second-order valence-corrected chi connectivity index (χ2v) is 5.18. The van der Waals surface area contributed by atoms with Crippen molar-refractivity contribution >= 4 is 0 Å². The third kappa shape index (κ3) is 4.27. The molecule has 2 rings (SSSR count). The second-order valence-electron chi connectivity index (χ2n) is 5.18. The highest BCUT2D eigenvalue weighted by atomic mass is 19.3. The van der Waals surface area contributed by atoms with Gasteiger partial charge in [0.1, 0.15) is 0 Å². The Balaban J connectivity index is 0.000000550. The first-order valence-electron chi connectivity index (χ1n) is 7.12. The lowest BCUT2D eigenvalue weighted by Crippen LogP contribution is -2.42. The zero-order valence-corrected chi connectivity index (χ0v) is 12.4. The van der Waals surface area contributed by atoms with Crippen molar-refractivity contribution in [1.29, 1.82) is 0 Å². The fourth-order valence-electron chi connectivity index (χ4n) is 2.29. The molecule has 0 aliphatic carbocycles. The van der Waals surface area contributed by atoms with Gasteiger partial charge in [0.25, 0.3) is 6.43 Å². The van der Waals surface area contributed by atoms with Gasteiger partial charge in [-0.3, -0.25) is 4.90 Å². The van der Waals surface area contributed by atoms with Crippen LogP contribution in [0.25, 0.3) is 0 Å². The highest BCUT2D eigenvalue weighted by molar-refractivity contribution is 5.34. The number of rotatable bonds is 2. The first-order valence-corrected chi connectivity index (χ1v) is 7.12. The Kier molecular flexibility index (Phi) is 6.43. The predicted octanol–water partition coefficient (Wildman–Crippen LogP) is 4.29. The Hall–Kier alpha value is -0.960. The van der Waals surface area contributed by atoms with Crippen molar-refractivity contribution in [3.05, 3.63) is 34.9 Å². The maximum absolute atomic E-state index is 12.8. The molecule has 0 bridgehead atoms. The molecule has 1 aliphatic heterocycles. The van der Waals surface area contributed by atoms with E-state index in [0.717, 1.165) is 12.0 Å². The van der Waals surface area contributed by atoms with Crippen molar-refractivity contribution in [2.45, 2.75) is 59.0 Å². The van der Waals surface area contributed by atoms with Crippen molar-refractivity contribution in [3.8, 4) is 0 Å². The van der Waals surface area contributed by atoms with Crippen molar-refractivity contribution in [2.75, 3.05) is 7.05 Å². The maximum atomic E-state index is 12.8.